The van der Waals surface area contributed by atoms with Crippen molar-refractivity contribution in [3.63, 3.8) is 0 Å². The molecule has 6 aliphatic rings. The minimum Gasteiger partial charge on any atom is -0.294 e. The Morgan fingerprint density at radius 1 is 0.318 bits per heavy atom. The Kier molecular flexibility index (Phi) is 11.9. The molecule has 14 unspecified atom stereocenters. The van der Waals surface area contributed by atoms with Crippen LogP contribution in [0.5, 0.6) is 0 Å². The lowest BCUT2D eigenvalue weighted by atomic mass is 9.65. The van der Waals surface area contributed by atoms with Crippen molar-refractivity contribution >= 4 is 0 Å². The van der Waals surface area contributed by atoms with Gasteiger partial charge in [0.1, 0.15) is 0 Å². The molecule has 0 aromatic heterocycles. The van der Waals surface area contributed by atoms with E-state index in [1.54, 1.807) is 0 Å². The number of rotatable bonds is 7. The molecule has 0 aliphatic heterocycles. The predicted octanol–water partition coefficient (Wildman–Crippen LogP) is 11.5. The van der Waals surface area contributed by atoms with Crippen LogP contribution in [0.3, 0.4) is 0 Å². The van der Waals surface area contributed by atoms with Crippen LogP contribution in [0.25, 0.3) is 0 Å². The van der Waals surface area contributed by atoms with E-state index >= 15 is 0 Å². The third-order valence-corrected chi connectivity index (χ3v) is 15.1. The van der Waals surface area contributed by atoms with E-state index in [1.165, 1.54) is 141 Å². The van der Waals surface area contributed by atoms with E-state index in [1.807, 2.05) is 0 Å². The largest absolute Gasteiger partial charge is 0.294 e. The Hall–Kier alpha value is -0.0800. The minimum absolute atomic E-state index is 0.864. The molecule has 0 radical (unpaired) electrons. The summed E-state index contributed by atoms with van der Waals surface area (Å²) in [6.07, 6.45) is 32.8. The van der Waals surface area contributed by atoms with Gasteiger partial charge in [0.25, 0.3) is 0 Å². The zero-order valence-corrected chi connectivity index (χ0v) is 30.5. The molecule has 6 saturated carbocycles. The molecule has 0 spiro atoms. The lowest BCUT2D eigenvalue weighted by Gasteiger charge is -2.54. The van der Waals surface area contributed by atoms with Crippen molar-refractivity contribution in [3.05, 3.63) is 0 Å². The fourth-order valence-corrected chi connectivity index (χ4v) is 13.0. The number of nitrogens with zero attached hydrogens (tertiary/aromatic N) is 2. The van der Waals surface area contributed by atoms with Crippen LogP contribution < -0.4 is 0 Å². The Morgan fingerprint density at radius 3 is 0.864 bits per heavy atom. The van der Waals surface area contributed by atoms with Gasteiger partial charge in [-0.25, -0.2) is 0 Å². The van der Waals surface area contributed by atoms with Crippen molar-refractivity contribution in [1.82, 2.24) is 9.80 Å². The van der Waals surface area contributed by atoms with Crippen LogP contribution in [0.15, 0.2) is 0 Å². The first-order chi connectivity index (χ1) is 21.3. The van der Waals surface area contributed by atoms with E-state index < -0.39 is 0 Å². The molecule has 0 aromatic rings. The summed E-state index contributed by atoms with van der Waals surface area (Å²) < 4.78 is 0. The second kappa shape index (κ2) is 15.4. The summed E-state index contributed by atoms with van der Waals surface area (Å²) in [4.78, 5) is 6.47. The summed E-state index contributed by atoms with van der Waals surface area (Å²) in [6.45, 7) is 15.6. The molecule has 0 bridgehead atoms. The maximum atomic E-state index is 3.24. The normalized spacial score (nSPS) is 48.0. The van der Waals surface area contributed by atoms with Gasteiger partial charge in [0.15, 0.2) is 0 Å². The van der Waals surface area contributed by atoms with Gasteiger partial charge in [-0.15, -0.1) is 0 Å². The van der Waals surface area contributed by atoms with Gasteiger partial charge in [-0.2, -0.15) is 0 Å². The first-order valence-corrected chi connectivity index (χ1v) is 20.8. The van der Waals surface area contributed by atoms with E-state index in [-0.39, 0.29) is 0 Å². The lowest BCUT2D eigenvalue weighted by molar-refractivity contribution is -0.0430. The molecule has 6 aliphatic carbocycles. The van der Waals surface area contributed by atoms with Crippen LogP contribution in [0.2, 0.25) is 0 Å². The van der Waals surface area contributed by atoms with Crippen LogP contribution in [0.1, 0.15) is 183 Å². The minimum atomic E-state index is 0.864. The number of hydrogen-bond acceptors (Lipinski definition) is 2. The highest BCUT2D eigenvalue weighted by Crippen LogP contribution is 2.48. The summed E-state index contributed by atoms with van der Waals surface area (Å²) >= 11 is 0. The first kappa shape index (κ1) is 33.8. The number of hydrogen-bond donors (Lipinski definition) is 0. The van der Waals surface area contributed by atoms with Gasteiger partial charge in [-0.3, -0.25) is 9.80 Å². The molecule has 254 valence electrons. The highest BCUT2D eigenvalue weighted by atomic mass is 15.2. The predicted molar refractivity (Wildman–Crippen MR) is 190 cm³/mol. The zero-order chi connectivity index (χ0) is 30.8. The standard InChI is InChI=1S/C42H76N2/c1-29-11-7-15-37(23-29)43(38-16-8-12-30(2)24-38)41-21-19-35(27-33(41)5)36-20-22-42(34(6)28-36)44(39-17-9-13-31(3)25-39)40-18-10-14-32(4)26-40/h29-42H,7-28H2,1-6H3. The van der Waals surface area contributed by atoms with Crippen molar-refractivity contribution in [2.75, 3.05) is 0 Å². The quantitative estimate of drug-likeness (QED) is 0.284. The highest BCUT2D eigenvalue weighted by molar-refractivity contribution is 4.99. The molecule has 0 saturated heterocycles. The third-order valence-electron chi connectivity index (χ3n) is 15.1. The average Bonchev–Trinajstić information content (AvgIpc) is 2.99. The Bertz CT molecular complexity index is 756. The summed E-state index contributed by atoms with van der Waals surface area (Å²) in [7, 11) is 0. The van der Waals surface area contributed by atoms with Gasteiger partial charge in [-0.1, -0.05) is 92.9 Å². The molecular formula is C42H76N2. The van der Waals surface area contributed by atoms with E-state index in [4.69, 9.17) is 0 Å². The van der Waals surface area contributed by atoms with E-state index in [9.17, 15) is 0 Å². The van der Waals surface area contributed by atoms with Crippen molar-refractivity contribution in [2.45, 2.75) is 219 Å². The molecule has 14 atom stereocenters. The fraction of sp³-hybridized carbons (Fsp3) is 1.00. The topological polar surface area (TPSA) is 6.48 Å². The monoisotopic (exact) mass is 609 g/mol. The smallest absolute Gasteiger partial charge is 0.0127 e. The Morgan fingerprint density at radius 2 is 0.614 bits per heavy atom. The molecule has 44 heavy (non-hydrogen) atoms. The van der Waals surface area contributed by atoms with Gasteiger partial charge in [0.05, 0.1) is 0 Å². The van der Waals surface area contributed by atoms with Crippen LogP contribution in [-0.4, -0.2) is 46.1 Å². The van der Waals surface area contributed by atoms with Crippen LogP contribution in [0, 0.1) is 47.3 Å². The average molecular weight is 609 g/mol. The third kappa shape index (κ3) is 7.96. The molecule has 0 amide bonds. The SMILES string of the molecule is CC1CCCC(N(C2CCCC(C)C2)C2CCC(C3CCC(N(C4CCCC(C)C4)C4CCCC(C)C4)C(C)C3)CC2C)C1. The molecule has 2 heteroatoms. The van der Waals surface area contributed by atoms with Crippen LogP contribution in [0.4, 0.5) is 0 Å². The van der Waals surface area contributed by atoms with Gasteiger partial charge in [0, 0.05) is 36.3 Å². The maximum Gasteiger partial charge on any atom is 0.0127 e. The molecular weight excluding hydrogens is 532 g/mol. The van der Waals surface area contributed by atoms with E-state index in [0.29, 0.717) is 0 Å². The van der Waals surface area contributed by atoms with Crippen LogP contribution in [-0.2, 0) is 0 Å². The van der Waals surface area contributed by atoms with Crippen molar-refractivity contribution in [3.8, 4) is 0 Å². The van der Waals surface area contributed by atoms with E-state index in [0.717, 1.165) is 83.6 Å². The molecule has 6 fully saturated rings. The summed E-state index contributed by atoms with van der Waals surface area (Å²) in [5, 5.41) is 0. The molecule has 0 N–H and O–H groups in total. The zero-order valence-electron chi connectivity index (χ0n) is 30.5. The molecule has 0 heterocycles. The second-order valence-electron chi connectivity index (χ2n) is 18.8. The first-order valence-electron chi connectivity index (χ1n) is 20.8. The molecule has 0 aromatic carbocycles. The lowest BCUT2D eigenvalue weighted by Crippen LogP contribution is -2.56. The van der Waals surface area contributed by atoms with Crippen molar-refractivity contribution in [2.24, 2.45) is 47.3 Å². The van der Waals surface area contributed by atoms with Gasteiger partial charge >= 0.3 is 0 Å². The highest BCUT2D eigenvalue weighted by Gasteiger charge is 2.45. The van der Waals surface area contributed by atoms with Crippen LogP contribution >= 0.6 is 0 Å². The van der Waals surface area contributed by atoms with Crippen molar-refractivity contribution in [1.29, 1.82) is 0 Å². The summed E-state index contributed by atoms with van der Waals surface area (Å²) in [5.74, 6) is 7.53. The Balaban J connectivity index is 1.10. The van der Waals surface area contributed by atoms with Crippen molar-refractivity contribution < 1.29 is 0 Å². The summed E-state index contributed by atoms with van der Waals surface area (Å²) in [5.41, 5.74) is 0. The molecule has 6 rings (SSSR count). The summed E-state index contributed by atoms with van der Waals surface area (Å²) in [6, 6.07) is 5.24. The van der Waals surface area contributed by atoms with Gasteiger partial charge < -0.3 is 0 Å². The second-order valence-corrected chi connectivity index (χ2v) is 18.8. The van der Waals surface area contributed by atoms with E-state index in [2.05, 4.69) is 51.3 Å². The molecule has 2 nitrogen and oxygen atoms in total. The van der Waals surface area contributed by atoms with Gasteiger partial charge in [0.2, 0.25) is 0 Å². The fourth-order valence-electron chi connectivity index (χ4n) is 13.0. The van der Waals surface area contributed by atoms with Gasteiger partial charge in [-0.05, 0) is 137 Å². The Labute approximate surface area is 275 Å². The maximum absolute atomic E-state index is 3.24.